The maximum absolute atomic E-state index is 12.9. The van der Waals surface area contributed by atoms with Crippen LogP contribution in [-0.2, 0) is 23.8 Å². The monoisotopic (exact) mass is 527 g/mol. The van der Waals surface area contributed by atoms with E-state index in [4.69, 9.17) is 14.2 Å². The average molecular weight is 528 g/mol. The Hall–Kier alpha value is -2.93. The van der Waals surface area contributed by atoms with Crippen molar-refractivity contribution in [3.63, 3.8) is 0 Å². The number of benzene rings is 1. The molecule has 0 radical (unpaired) electrons. The molecule has 0 spiro atoms. The molecule has 4 atom stereocenters. The number of ether oxygens (including phenoxy) is 3. The Morgan fingerprint density at radius 3 is 2.47 bits per heavy atom. The van der Waals surface area contributed by atoms with Crippen molar-refractivity contribution in [2.24, 2.45) is 5.92 Å². The topological polar surface area (TPSA) is 90.9 Å². The molecule has 7 heteroatoms. The molecule has 0 aromatic heterocycles. The molecule has 1 heterocycles. The summed E-state index contributed by atoms with van der Waals surface area (Å²) in [6.07, 6.45) is 8.26. The van der Waals surface area contributed by atoms with Crippen molar-refractivity contribution in [3.8, 4) is 0 Å². The molecule has 1 N–H and O–H groups in total. The first kappa shape index (κ1) is 31.3. The van der Waals surface area contributed by atoms with Gasteiger partial charge in [0.1, 0.15) is 18.3 Å². The fourth-order valence-electron chi connectivity index (χ4n) is 4.71. The summed E-state index contributed by atoms with van der Waals surface area (Å²) in [6, 6.07) is 9.29. The lowest BCUT2D eigenvalue weighted by Gasteiger charge is -2.36. The van der Waals surface area contributed by atoms with E-state index < -0.39 is 5.60 Å². The van der Waals surface area contributed by atoms with Crippen LogP contribution in [0, 0.1) is 5.92 Å². The maximum Gasteiger partial charge on any atom is 0.303 e. The minimum atomic E-state index is -0.634. The Bertz CT molecular complexity index is 981. The molecule has 1 aromatic rings. The van der Waals surface area contributed by atoms with Crippen LogP contribution in [0.25, 0.3) is 0 Å². The number of carbonyl (C=O) groups excluding carboxylic acids is 3. The Morgan fingerprint density at radius 2 is 1.84 bits per heavy atom. The highest BCUT2D eigenvalue weighted by Crippen LogP contribution is 2.34. The molecule has 0 bridgehead atoms. The number of nitrogens with one attached hydrogen (secondary N) is 1. The van der Waals surface area contributed by atoms with Gasteiger partial charge in [-0.15, -0.1) is 0 Å². The standard InChI is InChI=1S/C31H45NO6/c1-22(2)14-16-28(32-30(35)27-12-8-7-9-13-27)23(3)11-10-19-31(6)29(38-25(5)34)17-15-26(21-37-31)18-20-36-24(4)33/h7-9,12-14,18,23,28-29H,10-11,15-17,19-21H2,1-6H3,(H,32,35)/b26-18+/t23?,28?,29-,31+/m1/s1. The molecule has 2 unspecified atom stereocenters. The van der Waals surface area contributed by atoms with Crippen LogP contribution in [0.15, 0.2) is 53.6 Å². The Balaban J connectivity index is 2.05. The van der Waals surface area contributed by atoms with Crippen LogP contribution in [0.5, 0.6) is 0 Å². The summed E-state index contributed by atoms with van der Waals surface area (Å²) in [4.78, 5) is 35.8. The van der Waals surface area contributed by atoms with Gasteiger partial charge in [-0.05, 0) is 82.6 Å². The summed E-state index contributed by atoms with van der Waals surface area (Å²) in [7, 11) is 0. The van der Waals surface area contributed by atoms with Crippen LogP contribution in [0.4, 0.5) is 0 Å². The first-order valence-corrected chi connectivity index (χ1v) is 13.6. The van der Waals surface area contributed by atoms with Crippen molar-refractivity contribution in [2.45, 2.75) is 97.8 Å². The van der Waals surface area contributed by atoms with Gasteiger partial charge in [-0.2, -0.15) is 0 Å². The van der Waals surface area contributed by atoms with Gasteiger partial charge in [-0.3, -0.25) is 14.4 Å². The molecule has 38 heavy (non-hydrogen) atoms. The lowest BCUT2D eigenvalue weighted by atomic mass is 9.86. The highest BCUT2D eigenvalue weighted by atomic mass is 16.6. The molecule has 1 saturated heterocycles. The first-order chi connectivity index (χ1) is 18.0. The number of hydrogen-bond donors (Lipinski definition) is 1. The summed E-state index contributed by atoms with van der Waals surface area (Å²) in [5, 5.41) is 3.24. The third-order valence-corrected chi connectivity index (χ3v) is 7.11. The molecule has 0 saturated carbocycles. The van der Waals surface area contributed by atoms with E-state index in [0.29, 0.717) is 31.4 Å². The molecule has 1 amide bonds. The van der Waals surface area contributed by atoms with Gasteiger partial charge in [0.25, 0.3) is 5.91 Å². The van der Waals surface area contributed by atoms with E-state index in [-0.39, 0.29) is 42.5 Å². The van der Waals surface area contributed by atoms with Crippen molar-refractivity contribution >= 4 is 17.8 Å². The molecular weight excluding hydrogens is 482 g/mol. The summed E-state index contributed by atoms with van der Waals surface area (Å²) in [6.45, 7) is 11.7. The van der Waals surface area contributed by atoms with Crippen molar-refractivity contribution in [1.29, 1.82) is 0 Å². The van der Waals surface area contributed by atoms with Crippen molar-refractivity contribution in [3.05, 3.63) is 59.2 Å². The second kappa shape index (κ2) is 15.5. The van der Waals surface area contributed by atoms with E-state index in [1.165, 1.54) is 19.4 Å². The van der Waals surface area contributed by atoms with Crippen LogP contribution in [0.3, 0.4) is 0 Å². The van der Waals surface area contributed by atoms with E-state index in [9.17, 15) is 14.4 Å². The van der Waals surface area contributed by atoms with Crippen molar-refractivity contribution in [2.75, 3.05) is 13.2 Å². The molecule has 7 nitrogen and oxygen atoms in total. The maximum atomic E-state index is 12.9. The quantitative estimate of drug-likeness (QED) is 0.267. The average Bonchev–Trinajstić information content (AvgIpc) is 3.00. The fraction of sp³-hybridized carbons (Fsp3) is 0.581. The van der Waals surface area contributed by atoms with Crippen molar-refractivity contribution < 1.29 is 28.6 Å². The number of esters is 2. The van der Waals surface area contributed by atoms with E-state index in [1.807, 2.05) is 43.3 Å². The molecule has 1 aliphatic rings. The Labute approximate surface area is 228 Å². The summed E-state index contributed by atoms with van der Waals surface area (Å²) in [5.41, 5.74) is 2.27. The molecule has 1 aliphatic heterocycles. The number of hydrogen-bond acceptors (Lipinski definition) is 6. The van der Waals surface area contributed by atoms with Gasteiger partial charge >= 0.3 is 11.9 Å². The van der Waals surface area contributed by atoms with Crippen LogP contribution in [0.1, 0.15) is 90.4 Å². The Morgan fingerprint density at radius 1 is 1.13 bits per heavy atom. The highest BCUT2D eigenvalue weighted by Gasteiger charge is 2.39. The van der Waals surface area contributed by atoms with Crippen LogP contribution >= 0.6 is 0 Å². The van der Waals surface area contributed by atoms with Crippen LogP contribution in [-0.4, -0.2) is 48.8 Å². The number of amides is 1. The number of allylic oxidation sites excluding steroid dienone is 1. The minimum Gasteiger partial charge on any atom is -0.462 e. The lowest BCUT2D eigenvalue weighted by Crippen LogP contribution is -2.44. The predicted molar refractivity (Wildman–Crippen MR) is 149 cm³/mol. The fourth-order valence-corrected chi connectivity index (χ4v) is 4.71. The first-order valence-electron chi connectivity index (χ1n) is 13.6. The number of carbonyl (C=O) groups is 3. The third kappa shape index (κ3) is 10.8. The molecule has 1 fully saturated rings. The van der Waals surface area contributed by atoms with Crippen molar-refractivity contribution in [1.82, 2.24) is 5.32 Å². The predicted octanol–water partition coefficient (Wildman–Crippen LogP) is 5.94. The normalized spacial score (nSPS) is 22.1. The zero-order valence-electron chi connectivity index (χ0n) is 23.9. The summed E-state index contributed by atoms with van der Waals surface area (Å²) in [5.74, 6) is -0.474. The number of rotatable bonds is 12. The van der Waals surface area contributed by atoms with Gasteiger partial charge in [0.05, 0.1) is 6.61 Å². The second-order valence-electron chi connectivity index (χ2n) is 10.7. The van der Waals surface area contributed by atoms with E-state index in [0.717, 1.165) is 24.8 Å². The van der Waals surface area contributed by atoms with Gasteiger partial charge in [0.15, 0.2) is 0 Å². The third-order valence-electron chi connectivity index (χ3n) is 7.11. The van der Waals surface area contributed by atoms with Gasteiger partial charge in [-0.25, -0.2) is 0 Å². The molecular formula is C31H45NO6. The van der Waals surface area contributed by atoms with Gasteiger partial charge in [0, 0.05) is 25.5 Å². The highest BCUT2D eigenvalue weighted by molar-refractivity contribution is 5.94. The Kier molecular flexibility index (Phi) is 12.7. The van der Waals surface area contributed by atoms with Gasteiger partial charge in [0.2, 0.25) is 0 Å². The zero-order valence-corrected chi connectivity index (χ0v) is 23.9. The minimum absolute atomic E-state index is 0.000503. The zero-order chi connectivity index (χ0) is 28.1. The molecule has 2 rings (SSSR count). The van der Waals surface area contributed by atoms with Gasteiger partial charge in [-0.1, -0.05) is 43.2 Å². The summed E-state index contributed by atoms with van der Waals surface area (Å²) < 4.78 is 17.1. The second-order valence-corrected chi connectivity index (χ2v) is 10.7. The van der Waals surface area contributed by atoms with E-state index >= 15 is 0 Å². The molecule has 0 aliphatic carbocycles. The largest absolute Gasteiger partial charge is 0.462 e. The SMILES string of the molecule is CC(=O)OC/C=C1\CC[C@@H](OC(C)=O)[C@](C)(CCCC(C)C(CC=C(C)C)NC(=O)c2ccccc2)OC1. The van der Waals surface area contributed by atoms with Gasteiger partial charge < -0.3 is 19.5 Å². The van der Waals surface area contributed by atoms with E-state index in [1.54, 1.807) is 0 Å². The lowest BCUT2D eigenvalue weighted by molar-refractivity contribution is -0.167. The van der Waals surface area contributed by atoms with E-state index in [2.05, 4.69) is 32.2 Å². The summed E-state index contributed by atoms with van der Waals surface area (Å²) >= 11 is 0. The van der Waals surface area contributed by atoms with Crippen LogP contribution in [0.2, 0.25) is 0 Å². The van der Waals surface area contributed by atoms with Crippen LogP contribution < -0.4 is 5.32 Å². The smallest absolute Gasteiger partial charge is 0.303 e. The molecule has 1 aromatic carbocycles. The molecule has 210 valence electrons.